The molecule has 96 heavy (non-hydrogen) atoms. The Labute approximate surface area is 555 Å². The van der Waals surface area contributed by atoms with Crippen LogP contribution in [0.2, 0.25) is 0 Å². The van der Waals surface area contributed by atoms with Gasteiger partial charge in [-0.15, -0.1) is 0 Å². The maximum Gasteiger partial charge on any atom is 0.330 e. The first-order chi connectivity index (χ1) is 45.6. The molecule has 27 heteroatoms. The number of hydrogen-bond acceptors (Lipinski definition) is 26. The number of benzene rings is 2. The topological polar surface area (TPSA) is 346 Å². The molecule has 2 aromatic rings. The van der Waals surface area contributed by atoms with Gasteiger partial charge in [0.05, 0.1) is 61.1 Å². The number of carbonyl (C=O) groups is 12. The monoisotopic (exact) mass is 1340 g/mol. The first-order valence-corrected chi connectivity index (χ1v) is 28.9. The smallest absolute Gasteiger partial charge is 0.330 e. The molecule has 0 fully saturated rings. The predicted octanol–water partition coefficient (Wildman–Crippen LogP) is 5.32. The van der Waals surface area contributed by atoms with Crippen molar-refractivity contribution in [2.45, 2.75) is 25.7 Å². The van der Waals surface area contributed by atoms with Crippen LogP contribution in [-0.2, 0) is 136 Å². The van der Waals surface area contributed by atoms with Crippen molar-refractivity contribution in [3.05, 3.63) is 192 Å². The highest BCUT2D eigenvalue weighted by molar-refractivity contribution is 5.92. The quantitative estimate of drug-likeness (QED) is 0.0497. The molecule has 0 aliphatic rings. The molecule has 0 heterocycles. The largest absolute Gasteiger partial charge is 0.464 e. The van der Waals surface area contributed by atoms with Gasteiger partial charge in [0.2, 0.25) is 5.91 Å². The van der Waals surface area contributed by atoms with Crippen LogP contribution in [0.4, 0.5) is 5.69 Å². The Bertz CT molecular complexity index is 2990. The van der Waals surface area contributed by atoms with Gasteiger partial charge in [-0.2, -0.15) is 0 Å². The van der Waals surface area contributed by atoms with Crippen molar-refractivity contribution < 1.29 is 124 Å². The van der Waals surface area contributed by atoms with Crippen molar-refractivity contribution in [1.82, 2.24) is 0 Å². The summed E-state index contributed by atoms with van der Waals surface area (Å²) >= 11 is 0. The first kappa shape index (κ1) is 81.5. The van der Waals surface area contributed by atoms with Crippen molar-refractivity contribution >= 4 is 77.3 Å². The third-order valence-corrected chi connectivity index (χ3v) is 13.6. The minimum atomic E-state index is -1.66. The van der Waals surface area contributed by atoms with Gasteiger partial charge >= 0.3 is 65.7 Å². The number of ether oxygens (including phenoxy) is 14. The molecule has 0 aliphatic heterocycles. The summed E-state index contributed by atoms with van der Waals surface area (Å²) in [5, 5.41) is 2.74. The van der Waals surface area contributed by atoms with Crippen molar-refractivity contribution in [3.63, 3.8) is 0 Å². The highest BCUT2D eigenvalue weighted by Gasteiger charge is 2.43. The molecule has 2 rings (SSSR count). The molecule has 0 saturated carbocycles. The molecule has 0 spiro atoms. The van der Waals surface area contributed by atoms with Crippen molar-refractivity contribution in [2.75, 3.05) is 118 Å². The minimum absolute atomic E-state index is 0.277. The Balaban J connectivity index is 2.37. The van der Waals surface area contributed by atoms with E-state index in [4.69, 9.17) is 66.3 Å². The van der Waals surface area contributed by atoms with Gasteiger partial charge < -0.3 is 71.6 Å². The summed E-state index contributed by atoms with van der Waals surface area (Å²) in [6, 6.07) is 13.9. The van der Waals surface area contributed by atoms with Crippen LogP contribution in [0.3, 0.4) is 0 Å². The van der Waals surface area contributed by atoms with E-state index in [0.717, 1.165) is 71.9 Å². The fourth-order valence-electron chi connectivity index (χ4n) is 7.98. The fraction of sp³-hybridized carbons (Fsp3) is 0.362. The second kappa shape index (κ2) is 41.8. The number of nitrogens with one attached hydrogen (secondary N) is 1. The maximum absolute atomic E-state index is 13.6. The van der Waals surface area contributed by atoms with Gasteiger partial charge in [-0.05, 0) is 28.8 Å². The van der Waals surface area contributed by atoms with Crippen molar-refractivity contribution in [1.29, 1.82) is 0 Å². The van der Waals surface area contributed by atoms with E-state index in [1.54, 1.807) is 48.5 Å². The summed E-state index contributed by atoms with van der Waals surface area (Å²) in [5.74, 6) is -10.3. The predicted molar refractivity (Wildman–Crippen MR) is 342 cm³/mol. The van der Waals surface area contributed by atoms with Gasteiger partial charge in [0.1, 0.15) is 79.3 Å². The zero-order valence-electron chi connectivity index (χ0n) is 53.8. The average molecular weight is 1340 g/mol. The summed E-state index contributed by atoms with van der Waals surface area (Å²) in [4.78, 5) is 150. The first-order valence-electron chi connectivity index (χ1n) is 28.9. The van der Waals surface area contributed by atoms with Gasteiger partial charge in [0, 0.05) is 71.9 Å². The van der Waals surface area contributed by atoms with E-state index in [1.165, 1.54) is 0 Å². The third kappa shape index (κ3) is 29.5. The molecule has 0 aliphatic carbocycles. The molecule has 0 radical (unpaired) electrons. The number of carbonyl (C=O) groups excluding carboxylic acids is 12. The van der Waals surface area contributed by atoms with Crippen LogP contribution >= 0.6 is 0 Å². The molecule has 0 saturated heterocycles. The number of hydrogen-bond donors (Lipinski definition) is 1. The van der Waals surface area contributed by atoms with Gasteiger partial charge in [0.25, 0.3) is 0 Å². The van der Waals surface area contributed by atoms with Crippen molar-refractivity contribution in [3.8, 4) is 0 Å². The van der Waals surface area contributed by atoms with Gasteiger partial charge in [0.15, 0.2) is 0 Å². The molecule has 2 aromatic carbocycles. The SMILES string of the molecule is C=CC(=O)OCC(COCC(=O)Nc1ccc(C(C)(C)c2ccc(CC(=O)OCC(COCC(COC(=O)C=C)(COC(=O)C=C)COC(=O)C=C)(COC(=O)C=C)COC(=O)C=C)cc2)cc1)(COCC(COC(=O)C=C)(COC(=O)C=C)COC(=O)C=C)COC(=O)C=C. The Morgan fingerprint density at radius 3 is 0.781 bits per heavy atom. The second-order valence-corrected chi connectivity index (χ2v) is 21.9. The molecular weight excluding hydrogens is 1260 g/mol. The lowest BCUT2D eigenvalue weighted by Gasteiger charge is -2.35. The average Bonchev–Trinajstić information content (AvgIpc) is 0.814. The molecule has 0 aromatic heterocycles. The van der Waals surface area contributed by atoms with E-state index in [1.807, 2.05) is 13.8 Å². The van der Waals surface area contributed by atoms with Crippen LogP contribution in [0.25, 0.3) is 0 Å². The Hall–Kier alpha value is -10.6. The normalized spacial score (nSPS) is 11.1. The second-order valence-electron chi connectivity index (χ2n) is 21.9. The molecule has 0 bridgehead atoms. The summed E-state index contributed by atoms with van der Waals surface area (Å²) in [5.41, 5.74) is -4.63. The molecule has 27 nitrogen and oxygen atoms in total. The number of anilines is 1. The van der Waals surface area contributed by atoms with E-state index in [2.05, 4.69) is 71.1 Å². The minimum Gasteiger partial charge on any atom is -0.464 e. The van der Waals surface area contributed by atoms with Crippen LogP contribution in [0.1, 0.15) is 30.5 Å². The van der Waals surface area contributed by atoms with Crippen molar-refractivity contribution in [2.24, 2.45) is 21.7 Å². The lowest BCUT2D eigenvalue weighted by Crippen LogP contribution is -2.47. The summed E-state index contributed by atoms with van der Waals surface area (Å²) < 4.78 is 76.9. The zero-order valence-corrected chi connectivity index (χ0v) is 53.8. The molecule has 518 valence electrons. The zero-order chi connectivity index (χ0) is 71.8. The Morgan fingerprint density at radius 2 is 0.531 bits per heavy atom. The summed E-state index contributed by atoms with van der Waals surface area (Å²) in [6.07, 6.45) is 8.40. The summed E-state index contributed by atoms with van der Waals surface area (Å²) in [7, 11) is 0. The molecule has 1 N–H and O–H groups in total. The number of rotatable bonds is 49. The molecule has 0 atom stereocenters. The number of esters is 11. The van der Waals surface area contributed by atoms with E-state index >= 15 is 0 Å². The standard InChI is InChI=1S/C69H81NO26/c1-13-54(72)86-38-66(39-87-55(73)14-2,34-84-35-67(40-88-56(74)15-3,41-89-57(75)16-4)42-90-58(76)17-5)33-83-32-53(71)70-52-29-27-51(28-30-52)65(11,12)50-25-23-49(24-26-50)31-64(82)96-48-69(46-94-62(80)21-9,47-95-63(81)22-10)37-85-36-68(43-91-59(77)18-6,44-92-60(78)19-7)45-93-61(79)20-8/h13-30H,1-10,31-48H2,11-12H3,(H,70,71). The third-order valence-electron chi connectivity index (χ3n) is 13.6. The molecule has 1 amide bonds. The van der Waals surface area contributed by atoms with E-state index in [-0.39, 0.29) is 6.42 Å². The highest BCUT2D eigenvalue weighted by Crippen LogP contribution is 2.33. The molecule has 0 unspecified atom stereocenters. The fourth-order valence-corrected chi connectivity index (χ4v) is 7.98. The van der Waals surface area contributed by atoms with E-state index < -0.39 is 211 Å². The maximum atomic E-state index is 13.6. The van der Waals surface area contributed by atoms with Crippen LogP contribution in [0.15, 0.2) is 175 Å². The highest BCUT2D eigenvalue weighted by atomic mass is 16.6. The lowest BCUT2D eigenvalue weighted by molar-refractivity contribution is -0.173. The van der Waals surface area contributed by atoms with Crippen LogP contribution in [-0.4, -0.2) is 184 Å². The van der Waals surface area contributed by atoms with Crippen LogP contribution < -0.4 is 5.32 Å². The number of amides is 1. The van der Waals surface area contributed by atoms with E-state index in [0.29, 0.717) is 11.3 Å². The van der Waals surface area contributed by atoms with Gasteiger partial charge in [-0.25, -0.2) is 47.9 Å². The Morgan fingerprint density at radius 1 is 0.312 bits per heavy atom. The van der Waals surface area contributed by atoms with Gasteiger partial charge in [-0.3, -0.25) is 9.59 Å². The van der Waals surface area contributed by atoms with Crippen LogP contribution in [0.5, 0.6) is 0 Å². The lowest BCUT2D eigenvalue weighted by atomic mass is 9.78. The van der Waals surface area contributed by atoms with E-state index in [9.17, 15) is 57.5 Å². The summed E-state index contributed by atoms with van der Waals surface area (Å²) in [6.45, 7) is 28.4. The van der Waals surface area contributed by atoms with Gasteiger partial charge in [-0.1, -0.05) is 116 Å². The van der Waals surface area contributed by atoms with Crippen LogP contribution in [0, 0.1) is 21.7 Å². The molecular formula is C69H81NO26. The Kier molecular flexibility index (Phi) is 35.5.